The van der Waals surface area contributed by atoms with E-state index in [2.05, 4.69) is 4.90 Å². The van der Waals surface area contributed by atoms with Crippen LogP contribution in [0.3, 0.4) is 0 Å². The van der Waals surface area contributed by atoms with Crippen LogP contribution in [0.2, 0.25) is 0 Å². The summed E-state index contributed by atoms with van der Waals surface area (Å²) < 4.78 is 22.3. The van der Waals surface area contributed by atoms with Crippen molar-refractivity contribution in [3.05, 3.63) is 24.3 Å². The van der Waals surface area contributed by atoms with Crippen LogP contribution in [-0.2, 0) is 9.47 Å². The van der Waals surface area contributed by atoms with Gasteiger partial charge in [-0.2, -0.15) is 0 Å². The number of rotatable bonds is 6. The van der Waals surface area contributed by atoms with E-state index >= 15 is 0 Å². The minimum Gasteiger partial charge on any atom is -0.486 e. The Kier molecular flexibility index (Phi) is 5.50. The van der Waals surface area contributed by atoms with Crippen molar-refractivity contribution in [1.29, 1.82) is 0 Å². The summed E-state index contributed by atoms with van der Waals surface area (Å²) in [5.41, 5.74) is 0. The lowest BCUT2D eigenvalue weighted by Crippen LogP contribution is -2.42. The van der Waals surface area contributed by atoms with Gasteiger partial charge < -0.3 is 24.1 Å². The summed E-state index contributed by atoms with van der Waals surface area (Å²) in [7, 11) is 0. The maximum atomic E-state index is 10.0. The summed E-state index contributed by atoms with van der Waals surface area (Å²) in [5.74, 6) is 1.52. The predicted molar refractivity (Wildman–Crippen MR) is 80.4 cm³/mol. The molecule has 1 N–H and O–H groups in total. The van der Waals surface area contributed by atoms with Gasteiger partial charge in [0.1, 0.15) is 6.61 Å². The number of morpholine rings is 1. The molecule has 6 heteroatoms. The minimum absolute atomic E-state index is 0.134. The van der Waals surface area contributed by atoms with Gasteiger partial charge in [0.15, 0.2) is 17.6 Å². The summed E-state index contributed by atoms with van der Waals surface area (Å²) in [6, 6.07) is 7.60. The van der Waals surface area contributed by atoms with Crippen molar-refractivity contribution >= 4 is 0 Å². The Labute approximate surface area is 130 Å². The van der Waals surface area contributed by atoms with Gasteiger partial charge >= 0.3 is 0 Å². The van der Waals surface area contributed by atoms with Crippen LogP contribution in [0.25, 0.3) is 0 Å². The largest absolute Gasteiger partial charge is 0.486 e. The van der Waals surface area contributed by atoms with Crippen LogP contribution in [0.5, 0.6) is 11.5 Å². The van der Waals surface area contributed by atoms with Crippen LogP contribution in [-0.4, -0.2) is 74.9 Å². The second kappa shape index (κ2) is 7.78. The van der Waals surface area contributed by atoms with E-state index in [1.807, 2.05) is 24.3 Å². The minimum atomic E-state index is -0.491. The number of fused-ring (bicyclic) bond motifs is 1. The number of benzene rings is 1. The molecule has 0 aromatic heterocycles. The van der Waals surface area contributed by atoms with Crippen molar-refractivity contribution in [2.75, 3.05) is 52.7 Å². The molecule has 0 aliphatic carbocycles. The number of ether oxygens (including phenoxy) is 4. The van der Waals surface area contributed by atoms with Gasteiger partial charge in [0, 0.05) is 19.6 Å². The zero-order chi connectivity index (χ0) is 15.2. The van der Waals surface area contributed by atoms with E-state index < -0.39 is 6.10 Å². The Morgan fingerprint density at radius 1 is 1.23 bits per heavy atom. The number of nitrogens with zero attached hydrogens (tertiary/aromatic N) is 1. The Morgan fingerprint density at radius 3 is 2.82 bits per heavy atom. The first-order chi connectivity index (χ1) is 10.8. The molecule has 0 bridgehead atoms. The summed E-state index contributed by atoms with van der Waals surface area (Å²) in [4.78, 5) is 2.19. The maximum absolute atomic E-state index is 10.0. The molecule has 2 aliphatic rings. The lowest BCUT2D eigenvalue weighted by Gasteiger charge is -2.29. The Hall–Kier alpha value is -1.34. The number of aliphatic hydroxyl groups excluding tert-OH is 1. The van der Waals surface area contributed by atoms with Crippen LogP contribution in [0, 0.1) is 0 Å². The van der Waals surface area contributed by atoms with Crippen molar-refractivity contribution in [1.82, 2.24) is 4.90 Å². The second-order valence-corrected chi connectivity index (χ2v) is 5.60. The molecular formula is C16H23NO5. The van der Waals surface area contributed by atoms with Crippen LogP contribution < -0.4 is 9.47 Å². The van der Waals surface area contributed by atoms with Gasteiger partial charge in [-0.15, -0.1) is 0 Å². The van der Waals surface area contributed by atoms with Crippen molar-refractivity contribution < 1.29 is 24.1 Å². The average molecular weight is 309 g/mol. The van der Waals surface area contributed by atoms with Gasteiger partial charge in [0.05, 0.1) is 32.5 Å². The summed E-state index contributed by atoms with van der Waals surface area (Å²) >= 11 is 0. The molecule has 0 unspecified atom stereocenters. The number of aliphatic hydroxyl groups is 1. The number of hydrogen-bond donors (Lipinski definition) is 1. The average Bonchev–Trinajstić information content (AvgIpc) is 2.55. The molecule has 1 fully saturated rings. The molecule has 122 valence electrons. The van der Waals surface area contributed by atoms with Crippen molar-refractivity contribution in [2.45, 2.75) is 12.2 Å². The van der Waals surface area contributed by atoms with E-state index in [0.717, 1.165) is 37.8 Å². The normalized spacial score (nSPS) is 23.2. The van der Waals surface area contributed by atoms with E-state index in [-0.39, 0.29) is 6.10 Å². The first-order valence-corrected chi connectivity index (χ1v) is 7.75. The standard InChI is InChI=1S/C16H23NO5/c18-13(9-17-5-7-19-8-6-17)10-20-11-14-12-21-15-3-1-2-4-16(15)22-14/h1-4,13-14,18H,5-12H2/t13-,14-/m0/s1. The van der Waals surface area contributed by atoms with Gasteiger partial charge in [-0.25, -0.2) is 0 Å². The smallest absolute Gasteiger partial charge is 0.161 e. The quantitative estimate of drug-likeness (QED) is 0.827. The molecule has 6 nitrogen and oxygen atoms in total. The van der Waals surface area contributed by atoms with Gasteiger partial charge in [-0.05, 0) is 12.1 Å². The molecule has 2 heterocycles. The third-order valence-corrected chi connectivity index (χ3v) is 3.75. The summed E-state index contributed by atoms with van der Waals surface area (Å²) in [6.07, 6.45) is -0.625. The van der Waals surface area contributed by atoms with E-state index in [4.69, 9.17) is 18.9 Å². The third kappa shape index (κ3) is 4.33. The first-order valence-electron chi connectivity index (χ1n) is 7.75. The summed E-state index contributed by atoms with van der Waals surface area (Å²) in [6.45, 7) is 5.01. The molecule has 0 saturated carbocycles. The number of hydrogen-bond acceptors (Lipinski definition) is 6. The predicted octanol–water partition coefficient (Wildman–Crippen LogP) is 0.536. The van der Waals surface area contributed by atoms with Crippen molar-refractivity contribution in [2.24, 2.45) is 0 Å². The first kappa shape index (κ1) is 15.6. The molecule has 1 aromatic carbocycles. The number of para-hydroxylation sites is 2. The summed E-state index contributed by atoms with van der Waals surface area (Å²) in [5, 5.41) is 10.0. The highest BCUT2D eigenvalue weighted by Gasteiger charge is 2.21. The third-order valence-electron chi connectivity index (χ3n) is 3.75. The Balaban J connectivity index is 1.35. The fourth-order valence-corrected chi connectivity index (χ4v) is 2.62. The van der Waals surface area contributed by atoms with Crippen molar-refractivity contribution in [3.8, 4) is 11.5 Å². The lowest BCUT2D eigenvalue weighted by atomic mass is 10.2. The van der Waals surface area contributed by atoms with E-state index in [0.29, 0.717) is 26.4 Å². The molecule has 2 aliphatic heterocycles. The molecule has 0 radical (unpaired) electrons. The van der Waals surface area contributed by atoms with E-state index in [1.165, 1.54) is 0 Å². The van der Waals surface area contributed by atoms with Crippen LogP contribution in [0.4, 0.5) is 0 Å². The van der Waals surface area contributed by atoms with Crippen LogP contribution in [0.15, 0.2) is 24.3 Å². The van der Waals surface area contributed by atoms with Gasteiger partial charge in [0.25, 0.3) is 0 Å². The molecular weight excluding hydrogens is 286 g/mol. The molecule has 2 atom stereocenters. The van der Waals surface area contributed by atoms with Crippen molar-refractivity contribution in [3.63, 3.8) is 0 Å². The fourth-order valence-electron chi connectivity index (χ4n) is 2.62. The van der Waals surface area contributed by atoms with Gasteiger partial charge in [0.2, 0.25) is 0 Å². The maximum Gasteiger partial charge on any atom is 0.161 e. The zero-order valence-electron chi connectivity index (χ0n) is 12.6. The monoisotopic (exact) mass is 309 g/mol. The molecule has 1 saturated heterocycles. The fraction of sp³-hybridized carbons (Fsp3) is 0.625. The molecule has 0 amide bonds. The lowest BCUT2D eigenvalue weighted by molar-refractivity contribution is -0.0391. The van der Waals surface area contributed by atoms with Gasteiger partial charge in [-0.1, -0.05) is 12.1 Å². The van der Waals surface area contributed by atoms with Crippen LogP contribution >= 0.6 is 0 Å². The second-order valence-electron chi connectivity index (χ2n) is 5.60. The SMILES string of the molecule is O[C@H](COC[C@H]1COc2ccccc2O1)CN1CCOCC1. The highest BCUT2D eigenvalue weighted by molar-refractivity contribution is 5.40. The molecule has 22 heavy (non-hydrogen) atoms. The highest BCUT2D eigenvalue weighted by Crippen LogP contribution is 2.30. The number of β-amino-alcohol motifs (C(OH)–C–C–N with tert-alkyl or cyclic N) is 1. The van der Waals surface area contributed by atoms with E-state index in [1.54, 1.807) is 0 Å². The van der Waals surface area contributed by atoms with Crippen LogP contribution in [0.1, 0.15) is 0 Å². The molecule has 3 rings (SSSR count). The Morgan fingerprint density at radius 2 is 2.00 bits per heavy atom. The Bertz CT molecular complexity index is 464. The van der Waals surface area contributed by atoms with E-state index in [9.17, 15) is 5.11 Å². The zero-order valence-corrected chi connectivity index (χ0v) is 12.6. The van der Waals surface area contributed by atoms with Gasteiger partial charge in [-0.3, -0.25) is 4.90 Å². The highest BCUT2D eigenvalue weighted by atomic mass is 16.6. The molecule has 1 aromatic rings. The topological polar surface area (TPSA) is 60.4 Å². The molecule has 0 spiro atoms.